The highest BCUT2D eigenvalue weighted by molar-refractivity contribution is 6.01. The molecule has 32 nitrogen and oxygen atoms in total. The summed E-state index contributed by atoms with van der Waals surface area (Å²) in [5.41, 5.74) is 0. The number of hydrogen-bond acceptors (Lipinski definition) is 27. The van der Waals surface area contributed by atoms with Crippen molar-refractivity contribution in [2.45, 2.75) is 156 Å². The number of aliphatic hydroxyl groups is 12. The lowest BCUT2D eigenvalue weighted by molar-refractivity contribution is -0.300. The Bertz CT molecular complexity index is 1780. The summed E-state index contributed by atoms with van der Waals surface area (Å²) in [6, 6.07) is -1.29. The number of nitrogens with zero attached hydrogens (tertiary/aromatic N) is 2. The van der Waals surface area contributed by atoms with Gasteiger partial charge in [0, 0.05) is 51.9 Å². The summed E-state index contributed by atoms with van der Waals surface area (Å²) in [5.74, 6) is -4.73. The molecule has 76 heavy (non-hydrogen) atoms. The van der Waals surface area contributed by atoms with Crippen molar-refractivity contribution < 1.29 is 128 Å². The number of ether oxygens (including phenoxy) is 6. The lowest BCUT2D eigenvalue weighted by Gasteiger charge is -2.39. The first-order valence-electron chi connectivity index (χ1n) is 24.9. The monoisotopic (exact) mass is 1100 g/mol. The SMILES string of the molecule is O=C(CCCCC(=O)ON1C(=O)CCC1=O)NCCCC[C@@H](C(=O)NCCO[C@H]1O[C@H](CO)[C@@H](O)[C@H](O)[C@@H]1O)N(CC(=O)NCCO[C@H]1O[C@H](CO)[C@@H](O)[C@H](O)[C@@H]1O)CC(=O)NCCO[C@H]1O[C@H](CO)[C@@H](O)[C@H](O)[C@@H]1O. The molecule has 4 rings (SSSR count). The maximum atomic E-state index is 14.1. The molecule has 4 aliphatic rings. The summed E-state index contributed by atoms with van der Waals surface area (Å²) in [5, 5.41) is 131. The van der Waals surface area contributed by atoms with Crippen LogP contribution in [0.2, 0.25) is 0 Å². The van der Waals surface area contributed by atoms with Crippen molar-refractivity contribution in [1.29, 1.82) is 0 Å². The average Bonchev–Trinajstić information content (AvgIpc) is 3.71. The summed E-state index contributed by atoms with van der Waals surface area (Å²) in [7, 11) is 0. The van der Waals surface area contributed by atoms with E-state index in [1.807, 2.05) is 0 Å². The maximum Gasteiger partial charge on any atom is 0.333 e. The van der Waals surface area contributed by atoms with E-state index in [9.17, 15) is 94.8 Å². The standard InChI is InChI=1S/C44H74N6O26/c51-19-23-32(60)35(63)38(66)42(73-23)70-14-11-46-27(55)17-49(18-28(56)47-12-15-71-43-39(67)36(64)33(61)24(20-52)74-43)22(41(69)48-13-16-72-44-40(68)37(65)34(62)25(21-53)75-44)5-3-4-10-45-26(54)6-1-2-7-31(59)76-50-29(57)8-9-30(50)58/h22-25,32-40,42-44,51-53,60-68H,1-21H2,(H,45,54)(H,46,55)(H,47,56)(H,48,69)/t22-,23+,24+,25+,32+,33+,34+,35-,36-,37-,38-,39-,40-,42-,43-,44-/m0/s1. The van der Waals surface area contributed by atoms with Gasteiger partial charge in [0.2, 0.25) is 23.6 Å². The minimum absolute atomic E-state index is 0.00417. The summed E-state index contributed by atoms with van der Waals surface area (Å²) >= 11 is 0. The molecule has 0 aromatic carbocycles. The van der Waals surface area contributed by atoms with E-state index in [-0.39, 0.29) is 110 Å². The molecule has 4 fully saturated rings. The van der Waals surface area contributed by atoms with Crippen LogP contribution < -0.4 is 21.3 Å². The van der Waals surface area contributed by atoms with Gasteiger partial charge in [-0.05, 0) is 32.1 Å². The average molecular weight is 1100 g/mol. The highest BCUT2D eigenvalue weighted by Gasteiger charge is 2.46. The van der Waals surface area contributed by atoms with Gasteiger partial charge in [-0.15, -0.1) is 5.06 Å². The van der Waals surface area contributed by atoms with E-state index < -0.39 is 167 Å². The Morgan fingerprint density at radius 3 is 1.33 bits per heavy atom. The zero-order chi connectivity index (χ0) is 56.1. The number of nitrogens with one attached hydrogen (secondary N) is 4. The minimum atomic E-state index is -1.75. The van der Waals surface area contributed by atoms with Gasteiger partial charge in [-0.2, -0.15) is 0 Å². The first kappa shape index (κ1) is 64.3. The van der Waals surface area contributed by atoms with E-state index in [4.69, 9.17) is 33.3 Å². The van der Waals surface area contributed by atoms with E-state index in [0.29, 0.717) is 5.06 Å². The topological polar surface area (TPSA) is 481 Å². The van der Waals surface area contributed by atoms with Crippen LogP contribution in [-0.4, -0.2) is 290 Å². The van der Waals surface area contributed by atoms with Gasteiger partial charge in [-0.25, -0.2) is 4.79 Å². The van der Waals surface area contributed by atoms with Crippen molar-refractivity contribution in [2.75, 3.05) is 78.9 Å². The summed E-state index contributed by atoms with van der Waals surface area (Å²) in [6.07, 6.45) is -23.2. The second-order valence-electron chi connectivity index (χ2n) is 18.2. The third kappa shape index (κ3) is 19.3. The van der Waals surface area contributed by atoms with Crippen molar-refractivity contribution >= 4 is 41.4 Å². The Hall–Kier alpha value is -4.27. The van der Waals surface area contributed by atoms with Crippen LogP contribution in [0.3, 0.4) is 0 Å². The lowest BCUT2D eigenvalue weighted by atomic mass is 9.99. The summed E-state index contributed by atoms with van der Waals surface area (Å²) in [6.45, 7) is -5.21. The van der Waals surface area contributed by atoms with Crippen molar-refractivity contribution in [2.24, 2.45) is 0 Å². The van der Waals surface area contributed by atoms with Crippen LogP contribution in [0.4, 0.5) is 0 Å². The number of carbonyl (C=O) groups excluding carboxylic acids is 7. The fourth-order valence-corrected chi connectivity index (χ4v) is 8.19. The number of hydrogen-bond donors (Lipinski definition) is 16. The number of hydroxylamine groups is 2. The predicted molar refractivity (Wildman–Crippen MR) is 246 cm³/mol. The van der Waals surface area contributed by atoms with E-state index in [1.54, 1.807) is 0 Å². The van der Waals surface area contributed by atoms with Gasteiger partial charge in [0.15, 0.2) is 18.9 Å². The Morgan fingerprint density at radius 2 is 0.908 bits per heavy atom. The van der Waals surface area contributed by atoms with Crippen molar-refractivity contribution in [3.8, 4) is 0 Å². The van der Waals surface area contributed by atoms with E-state index >= 15 is 0 Å². The van der Waals surface area contributed by atoms with Crippen molar-refractivity contribution in [1.82, 2.24) is 31.2 Å². The summed E-state index contributed by atoms with van der Waals surface area (Å²) in [4.78, 5) is 95.2. The number of rotatable bonds is 32. The Balaban J connectivity index is 1.40. The highest BCUT2D eigenvalue weighted by Crippen LogP contribution is 2.24. The number of unbranched alkanes of at least 4 members (excludes halogenated alkanes) is 2. The lowest BCUT2D eigenvalue weighted by Crippen LogP contribution is -2.59. The number of amides is 6. The third-order valence-corrected chi connectivity index (χ3v) is 12.5. The number of aliphatic hydroxyl groups excluding tert-OH is 12. The van der Waals surface area contributed by atoms with Crippen LogP contribution in [0.15, 0.2) is 0 Å². The Kier molecular flexibility index (Phi) is 27.6. The van der Waals surface area contributed by atoms with Crippen LogP contribution >= 0.6 is 0 Å². The van der Waals surface area contributed by atoms with Crippen LogP contribution in [-0.2, 0) is 66.8 Å². The molecule has 4 aliphatic heterocycles. The second-order valence-corrected chi connectivity index (χ2v) is 18.2. The molecule has 0 aromatic heterocycles. The quantitative estimate of drug-likeness (QED) is 0.0220. The maximum absolute atomic E-state index is 14.1. The van der Waals surface area contributed by atoms with Gasteiger partial charge < -0.3 is 116 Å². The molecule has 0 aromatic rings. The smallest absolute Gasteiger partial charge is 0.333 e. The molecule has 0 radical (unpaired) electrons. The number of carbonyl (C=O) groups is 7. The van der Waals surface area contributed by atoms with Gasteiger partial charge in [0.1, 0.15) is 73.2 Å². The summed E-state index contributed by atoms with van der Waals surface area (Å²) < 4.78 is 32.3. The van der Waals surface area contributed by atoms with E-state index in [2.05, 4.69) is 21.3 Å². The first-order valence-corrected chi connectivity index (χ1v) is 24.9. The predicted octanol–water partition coefficient (Wildman–Crippen LogP) is -10.1. The number of imide groups is 1. The molecule has 0 spiro atoms. The highest BCUT2D eigenvalue weighted by atomic mass is 16.7. The zero-order valence-electron chi connectivity index (χ0n) is 41.6. The normalized spacial score (nSPS) is 31.2. The molecule has 4 heterocycles. The molecule has 0 aliphatic carbocycles. The minimum Gasteiger partial charge on any atom is -0.394 e. The van der Waals surface area contributed by atoms with Crippen molar-refractivity contribution in [3.63, 3.8) is 0 Å². The molecule has 16 N–H and O–H groups in total. The molecule has 0 unspecified atom stereocenters. The molecular weight excluding hydrogens is 1030 g/mol. The fourth-order valence-electron chi connectivity index (χ4n) is 8.19. The molecule has 16 atom stereocenters. The molecule has 32 heteroatoms. The van der Waals surface area contributed by atoms with Gasteiger partial charge in [0.05, 0.1) is 58.8 Å². The first-order chi connectivity index (χ1) is 36.2. The van der Waals surface area contributed by atoms with Gasteiger partial charge in [0.25, 0.3) is 11.8 Å². The fraction of sp³-hybridized carbons (Fsp3) is 0.841. The van der Waals surface area contributed by atoms with Crippen LogP contribution in [0.5, 0.6) is 0 Å². The van der Waals surface area contributed by atoms with Crippen LogP contribution in [0.1, 0.15) is 57.8 Å². The Morgan fingerprint density at radius 1 is 0.513 bits per heavy atom. The second kappa shape index (κ2) is 32.6. The molecule has 4 saturated heterocycles. The Labute approximate surface area is 435 Å². The van der Waals surface area contributed by atoms with Crippen LogP contribution in [0.25, 0.3) is 0 Å². The van der Waals surface area contributed by atoms with Crippen LogP contribution in [0, 0.1) is 0 Å². The van der Waals surface area contributed by atoms with Gasteiger partial charge in [-0.1, -0.05) is 0 Å². The van der Waals surface area contributed by atoms with E-state index in [0.717, 1.165) is 0 Å². The molecule has 6 amide bonds. The van der Waals surface area contributed by atoms with E-state index in [1.165, 1.54) is 4.90 Å². The molecule has 436 valence electrons. The molecular formula is C44H74N6O26. The third-order valence-electron chi connectivity index (χ3n) is 12.5. The van der Waals surface area contributed by atoms with Gasteiger partial charge in [-0.3, -0.25) is 33.7 Å². The molecule has 0 bridgehead atoms. The van der Waals surface area contributed by atoms with Gasteiger partial charge >= 0.3 is 5.97 Å². The molecule has 0 saturated carbocycles. The van der Waals surface area contributed by atoms with Crippen molar-refractivity contribution in [3.05, 3.63) is 0 Å². The zero-order valence-corrected chi connectivity index (χ0v) is 41.6. The largest absolute Gasteiger partial charge is 0.394 e.